The Morgan fingerprint density at radius 3 is 2.45 bits per heavy atom. The van der Waals surface area contributed by atoms with Crippen molar-refractivity contribution in [3.63, 3.8) is 0 Å². The Hall–Kier alpha value is -4.59. The number of hydrogen-bond donors (Lipinski definition) is 2. The number of nitrogens with zero attached hydrogens (tertiary/aromatic N) is 3. The zero-order valence-electron chi connectivity index (χ0n) is 24.2. The Bertz CT molecular complexity index is 1780. The van der Waals surface area contributed by atoms with Crippen molar-refractivity contribution in [3.05, 3.63) is 87.7 Å². The lowest BCUT2D eigenvalue weighted by molar-refractivity contribution is 0.0217. The van der Waals surface area contributed by atoms with Gasteiger partial charge in [-0.3, -0.25) is 9.59 Å². The molecule has 1 aliphatic rings. The Labute approximate surface area is 263 Å². The number of aromatic amines is 1. The van der Waals surface area contributed by atoms with E-state index in [4.69, 9.17) is 32.7 Å². The SMILES string of the molecule is CC(C)(C)OC(=O)NN(C(=O)c1cnc2[nH]cc(C(=O)c3ccc(Oc4ccccc4)cc3Cl)c2c1Cl)C1CCC(C#N)C1. The number of amides is 2. The largest absolute Gasteiger partial charge is 0.457 e. The van der Waals surface area contributed by atoms with Gasteiger partial charge in [0.05, 0.1) is 33.3 Å². The number of rotatable bonds is 6. The summed E-state index contributed by atoms with van der Waals surface area (Å²) in [5.41, 5.74) is 2.33. The molecule has 2 aromatic heterocycles. The van der Waals surface area contributed by atoms with Gasteiger partial charge in [0, 0.05) is 35.3 Å². The van der Waals surface area contributed by atoms with E-state index >= 15 is 0 Å². The van der Waals surface area contributed by atoms with E-state index in [9.17, 15) is 19.6 Å². The molecule has 44 heavy (non-hydrogen) atoms. The van der Waals surface area contributed by atoms with Crippen LogP contribution < -0.4 is 10.2 Å². The van der Waals surface area contributed by atoms with Crippen LogP contribution in [0.3, 0.4) is 0 Å². The van der Waals surface area contributed by atoms with Crippen LogP contribution in [0.2, 0.25) is 10.0 Å². The van der Waals surface area contributed by atoms with E-state index < -0.39 is 29.4 Å². The van der Waals surface area contributed by atoms with E-state index in [0.717, 1.165) is 5.01 Å². The number of nitrogens with one attached hydrogen (secondary N) is 2. The maximum atomic E-state index is 13.9. The summed E-state index contributed by atoms with van der Waals surface area (Å²) in [7, 11) is 0. The molecule has 226 valence electrons. The fourth-order valence-corrected chi connectivity index (χ4v) is 5.62. The summed E-state index contributed by atoms with van der Waals surface area (Å²) >= 11 is 13.3. The van der Waals surface area contributed by atoms with Gasteiger partial charge < -0.3 is 14.5 Å². The Kier molecular flexibility index (Phi) is 8.81. The van der Waals surface area contributed by atoms with E-state index in [0.29, 0.717) is 30.8 Å². The Balaban J connectivity index is 1.46. The first-order valence-corrected chi connectivity index (χ1v) is 14.7. The van der Waals surface area contributed by atoms with E-state index in [1.54, 1.807) is 51.1 Å². The molecule has 0 saturated heterocycles. The minimum atomic E-state index is -0.830. The van der Waals surface area contributed by atoms with Gasteiger partial charge in [0.15, 0.2) is 5.78 Å². The first-order chi connectivity index (χ1) is 20.9. The average Bonchev–Trinajstić information content (AvgIpc) is 3.63. The van der Waals surface area contributed by atoms with Crippen molar-refractivity contribution in [1.82, 2.24) is 20.4 Å². The number of aromatic nitrogens is 2. The fraction of sp³-hybridized carbons (Fsp3) is 0.281. The van der Waals surface area contributed by atoms with Crippen LogP contribution >= 0.6 is 23.2 Å². The smallest absolute Gasteiger partial charge is 0.426 e. The topological polar surface area (TPSA) is 137 Å². The monoisotopic (exact) mass is 633 g/mol. The van der Waals surface area contributed by atoms with Gasteiger partial charge in [0.25, 0.3) is 5.91 Å². The molecular weight excluding hydrogens is 605 g/mol. The molecule has 1 fully saturated rings. The number of ether oxygens (including phenoxy) is 2. The van der Waals surface area contributed by atoms with E-state index in [1.165, 1.54) is 12.4 Å². The molecule has 1 saturated carbocycles. The molecule has 2 aromatic carbocycles. The fourth-order valence-electron chi connectivity index (χ4n) is 5.04. The molecular formula is C32H29Cl2N5O5. The van der Waals surface area contributed by atoms with Gasteiger partial charge in [-0.1, -0.05) is 41.4 Å². The number of nitriles is 1. The summed E-state index contributed by atoms with van der Waals surface area (Å²) in [4.78, 5) is 47.6. The van der Waals surface area contributed by atoms with Gasteiger partial charge in [-0.15, -0.1) is 0 Å². The van der Waals surface area contributed by atoms with Crippen LogP contribution in [0.4, 0.5) is 4.79 Å². The normalized spacial score (nSPS) is 16.3. The number of carbonyl (C=O) groups is 3. The highest BCUT2D eigenvalue weighted by Gasteiger charge is 2.36. The standard InChI is InChI=1S/C32H29Cl2N5O5/c1-32(2,3)44-31(42)38-39(19-10-9-18(13-19)15-35)30(41)24-17-37-29-26(27(24)34)23(16-36-29)28(40)22-12-11-21(14-25(22)33)43-20-7-5-4-6-8-20/h4-8,11-12,14,16-19H,9-10,13H2,1-3H3,(H,36,37)(H,38,42). The van der Waals surface area contributed by atoms with Crippen molar-refractivity contribution in [2.75, 3.05) is 0 Å². The van der Waals surface area contributed by atoms with Gasteiger partial charge in [-0.2, -0.15) is 5.26 Å². The number of para-hydroxylation sites is 1. The molecule has 2 heterocycles. The van der Waals surface area contributed by atoms with Gasteiger partial charge in [0.1, 0.15) is 22.7 Å². The van der Waals surface area contributed by atoms with Crippen LogP contribution in [0.25, 0.3) is 11.0 Å². The molecule has 0 aliphatic heterocycles. The van der Waals surface area contributed by atoms with Gasteiger partial charge >= 0.3 is 6.09 Å². The number of pyridine rings is 1. The summed E-state index contributed by atoms with van der Waals surface area (Å²) in [5.74, 6) is -0.302. The Morgan fingerprint density at radius 1 is 1.05 bits per heavy atom. The van der Waals surface area contributed by atoms with Crippen molar-refractivity contribution in [2.24, 2.45) is 5.92 Å². The first kappa shape index (κ1) is 30.9. The minimum absolute atomic E-state index is 0.0319. The van der Waals surface area contributed by atoms with Crippen LogP contribution in [-0.2, 0) is 4.74 Å². The van der Waals surface area contributed by atoms with Gasteiger partial charge in [0.2, 0.25) is 0 Å². The summed E-state index contributed by atoms with van der Waals surface area (Å²) in [5, 5.41) is 10.9. The number of ketones is 1. The van der Waals surface area contributed by atoms with E-state index in [2.05, 4.69) is 21.5 Å². The second-order valence-electron chi connectivity index (χ2n) is 11.4. The average molecular weight is 635 g/mol. The van der Waals surface area contributed by atoms with Crippen molar-refractivity contribution in [2.45, 2.75) is 51.7 Å². The van der Waals surface area contributed by atoms with Crippen molar-refractivity contribution in [1.29, 1.82) is 5.26 Å². The molecule has 5 rings (SSSR count). The third-order valence-electron chi connectivity index (χ3n) is 7.06. The van der Waals surface area contributed by atoms with Crippen LogP contribution in [0.1, 0.15) is 66.3 Å². The molecule has 12 heteroatoms. The quantitative estimate of drug-likeness (QED) is 0.166. The summed E-state index contributed by atoms with van der Waals surface area (Å²) in [6, 6.07) is 15.6. The molecule has 0 bridgehead atoms. The number of benzene rings is 2. The number of hydrazine groups is 1. The molecule has 2 unspecified atom stereocenters. The number of fused-ring (bicyclic) bond motifs is 1. The zero-order valence-corrected chi connectivity index (χ0v) is 25.7. The lowest BCUT2D eigenvalue weighted by atomic mass is 10.0. The van der Waals surface area contributed by atoms with Crippen LogP contribution in [0.15, 0.2) is 60.9 Å². The second-order valence-corrected chi connectivity index (χ2v) is 12.2. The van der Waals surface area contributed by atoms with Crippen molar-refractivity contribution < 1.29 is 23.9 Å². The molecule has 2 atom stereocenters. The van der Waals surface area contributed by atoms with E-state index in [1.807, 2.05) is 18.2 Å². The lowest BCUT2D eigenvalue weighted by Gasteiger charge is -2.30. The molecule has 10 nitrogen and oxygen atoms in total. The maximum absolute atomic E-state index is 13.9. The number of carbonyl (C=O) groups excluding carboxylic acids is 3. The number of halogens is 2. The number of H-pyrrole nitrogens is 1. The summed E-state index contributed by atoms with van der Waals surface area (Å²) in [6.45, 7) is 5.11. The molecule has 1 aliphatic carbocycles. The van der Waals surface area contributed by atoms with Crippen molar-refractivity contribution in [3.8, 4) is 17.6 Å². The predicted octanol–water partition coefficient (Wildman–Crippen LogP) is 7.47. The van der Waals surface area contributed by atoms with Crippen LogP contribution in [0, 0.1) is 17.2 Å². The van der Waals surface area contributed by atoms with Gasteiger partial charge in [-0.05, 0) is 64.3 Å². The highest BCUT2D eigenvalue weighted by Crippen LogP contribution is 2.35. The summed E-state index contributed by atoms with van der Waals surface area (Å²) < 4.78 is 11.2. The lowest BCUT2D eigenvalue weighted by Crippen LogP contribution is -2.52. The predicted molar refractivity (Wildman–Crippen MR) is 165 cm³/mol. The molecule has 0 spiro atoms. The number of hydrogen-bond acceptors (Lipinski definition) is 7. The van der Waals surface area contributed by atoms with Crippen LogP contribution in [-0.4, -0.2) is 44.4 Å². The highest BCUT2D eigenvalue weighted by atomic mass is 35.5. The van der Waals surface area contributed by atoms with Gasteiger partial charge in [-0.25, -0.2) is 20.2 Å². The Morgan fingerprint density at radius 2 is 1.80 bits per heavy atom. The van der Waals surface area contributed by atoms with Crippen LogP contribution in [0.5, 0.6) is 11.5 Å². The third-order valence-corrected chi connectivity index (χ3v) is 7.76. The van der Waals surface area contributed by atoms with E-state index in [-0.39, 0.29) is 43.7 Å². The molecule has 2 amide bonds. The van der Waals surface area contributed by atoms with Crippen molar-refractivity contribution >= 4 is 52.0 Å². The third kappa shape index (κ3) is 6.64. The second kappa shape index (κ2) is 12.6. The maximum Gasteiger partial charge on any atom is 0.426 e. The summed E-state index contributed by atoms with van der Waals surface area (Å²) in [6.07, 6.45) is 3.32. The minimum Gasteiger partial charge on any atom is -0.457 e. The zero-order chi connectivity index (χ0) is 31.6. The molecule has 2 N–H and O–H groups in total. The molecule has 4 aromatic rings. The molecule has 0 radical (unpaired) electrons. The first-order valence-electron chi connectivity index (χ1n) is 13.9. The highest BCUT2D eigenvalue weighted by molar-refractivity contribution is 6.41.